The van der Waals surface area contributed by atoms with Crippen LogP contribution >= 0.6 is 11.3 Å². The van der Waals surface area contributed by atoms with Crippen LogP contribution < -0.4 is 11.1 Å². The zero-order chi connectivity index (χ0) is 15.9. The quantitative estimate of drug-likeness (QED) is 0.833. The van der Waals surface area contributed by atoms with Crippen LogP contribution in [0.15, 0.2) is 46.8 Å². The number of carbonyl (C=O) groups excluding carboxylic acids is 1. The number of carbonyl (C=O) groups is 1. The van der Waals surface area contributed by atoms with Crippen molar-refractivity contribution in [2.75, 3.05) is 18.9 Å². The Hall–Kier alpha value is -2.31. The van der Waals surface area contributed by atoms with E-state index in [1.165, 1.54) is 11.3 Å². The summed E-state index contributed by atoms with van der Waals surface area (Å²) in [6.07, 6.45) is 3.92. The maximum absolute atomic E-state index is 11.3. The lowest BCUT2D eigenvalue weighted by Crippen LogP contribution is -2.21. The molecule has 6 heteroatoms. The highest BCUT2D eigenvalue weighted by atomic mass is 32.1. The van der Waals surface area contributed by atoms with Gasteiger partial charge in [0, 0.05) is 23.6 Å². The Morgan fingerprint density at radius 2 is 2.32 bits per heavy atom. The molecule has 0 saturated heterocycles. The van der Waals surface area contributed by atoms with Crippen molar-refractivity contribution in [3.05, 3.63) is 47.4 Å². The molecule has 5 nitrogen and oxygen atoms in total. The number of aliphatic imine (C=N–C) groups is 1. The van der Waals surface area contributed by atoms with E-state index in [9.17, 15) is 4.79 Å². The lowest BCUT2D eigenvalue weighted by Gasteiger charge is -2.03. The SMILES string of the molecule is C/C=C\C(=NC)c1cccc(-c2csc(NC(=O)CN)n2)c1. The van der Waals surface area contributed by atoms with Gasteiger partial charge in [-0.2, -0.15) is 0 Å². The minimum absolute atomic E-state index is 0.0515. The van der Waals surface area contributed by atoms with Gasteiger partial charge in [-0.15, -0.1) is 11.3 Å². The number of aromatic nitrogens is 1. The van der Waals surface area contributed by atoms with Crippen LogP contribution in [0, 0.1) is 0 Å². The van der Waals surface area contributed by atoms with Crippen molar-refractivity contribution >= 4 is 28.1 Å². The second kappa shape index (κ2) is 7.63. The van der Waals surface area contributed by atoms with E-state index in [1.54, 1.807) is 7.05 Å². The largest absolute Gasteiger partial charge is 0.322 e. The smallest absolute Gasteiger partial charge is 0.239 e. The number of anilines is 1. The van der Waals surface area contributed by atoms with Gasteiger partial charge < -0.3 is 11.1 Å². The number of nitrogens with two attached hydrogens (primary N) is 1. The molecule has 0 spiro atoms. The predicted molar refractivity (Wildman–Crippen MR) is 92.5 cm³/mol. The average molecular weight is 314 g/mol. The van der Waals surface area contributed by atoms with Gasteiger partial charge in [0.2, 0.25) is 5.91 Å². The molecule has 0 fully saturated rings. The minimum Gasteiger partial charge on any atom is -0.322 e. The summed E-state index contributed by atoms with van der Waals surface area (Å²) in [5.74, 6) is -0.247. The van der Waals surface area contributed by atoms with Crippen molar-refractivity contribution in [3.8, 4) is 11.3 Å². The van der Waals surface area contributed by atoms with Crippen LogP contribution in [0.25, 0.3) is 11.3 Å². The number of hydrogen-bond donors (Lipinski definition) is 2. The molecule has 0 aliphatic rings. The Labute approximate surface area is 133 Å². The zero-order valence-corrected chi connectivity index (χ0v) is 13.4. The summed E-state index contributed by atoms with van der Waals surface area (Å²) in [4.78, 5) is 20.0. The second-order valence-electron chi connectivity index (χ2n) is 4.48. The Bertz CT molecular complexity index is 718. The van der Waals surface area contributed by atoms with Crippen LogP contribution in [0.1, 0.15) is 12.5 Å². The molecular weight excluding hydrogens is 296 g/mol. The molecule has 1 amide bonds. The van der Waals surface area contributed by atoms with Gasteiger partial charge in [0.05, 0.1) is 18.0 Å². The predicted octanol–water partition coefficient (Wildman–Crippen LogP) is 2.70. The third kappa shape index (κ3) is 3.87. The molecule has 0 unspecified atom stereocenters. The molecule has 2 rings (SSSR count). The van der Waals surface area contributed by atoms with Crippen LogP contribution in [0.4, 0.5) is 5.13 Å². The van der Waals surface area contributed by atoms with Gasteiger partial charge in [0.15, 0.2) is 5.13 Å². The normalized spacial score (nSPS) is 11.9. The van der Waals surface area contributed by atoms with Crippen LogP contribution in [0.3, 0.4) is 0 Å². The number of nitrogens with zero attached hydrogens (tertiary/aromatic N) is 2. The fourth-order valence-corrected chi connectivity index (χ4v) is 2.67. The summed E-state index contributed by atoms with van der Waals surface area (Å²) < 4.78 is 0. The third-order valence-corrected chi connectivity index (χ3v) is 3.71. The molecular formula is C16H18N4OS. The van der Waals surface area contributed by atoms with Gasteiger partial charge in [-0.1, -0.05) is 24.3 Å². The Balaban J connectivity index is 2.28. The summed E-state index contributed by atoms with van der Waals surface area (Å²) in [6, 6.07) is 7.99. The van der Waals surface area contributed by atoms with Crippen molar-refractivity contribution in [2.24, 2.45) is 10.7 Å². The third-order valence-electron chi connectivity index (χ3n) is 2.96. The van der Waals surface area contributed by atoms with E-state index in [0.29, 0.717) is 5.13 Å². The summed E-state index contributed by atoms with van der Waals surface area (Å²) in [6.45, 7) is 1.91. The highest BCUT2D eigenvalue weighted by Gasteiger charge is 2.08. The summed E-state index contributed by atoms with van der Waals surface area (Å²) in [7, 11) is 1.77. The molecule has 3 N–H and O–H groups in total. The van der Waals surface area contributed by atoms with Crippen molar-refractivity contribution < 1.29 is 4.79 Å². The molecule has 114 valence electrons. The van der Waals surface area contributed by atoms with Gasteiger partial charge in [0.25, 0.3) is 0 Å². The van der Waals surface area contributed by atoms with Crippen LogP contribution in [0.2, 0.25) is 0 Å². The van der Waals surface area contributed by atoms with Gasteiger partial charge in [0.1, 0.15) is 0 Å². The Kier molecular flexibility index (Phi) is 5.57. The van der Waals surface area contributed by atoms with E-state index < -0.39 is 0 Å². The summed E-state index contributed by atoms with van der Waals surface area (Å²) in [5, 5.41) is 5.12. The maximum atomic E-state index is 11.3. The van der Waals surface area contributed by atoms with Gasteiger partial charge in [-0.05, 0) is 19.1 Å². The average Bonchev–Trinajstić information content (AvgIpc) is 3.01. The molecule has 1 aromatic carbocycles. The Morgan fingerprint density at radius 1 is 1.50 bits per heavy atom. The lowest BCUT2D eigenvalue weighted by atomic mass is 10.0. The Morgan fingerprint density at radius 3 is 3.00 bits per heavy atom. The molecule has 0 bridgehead atoms. The molecule has 0 aliphatic carbocycles. The minimum atomic E-state index is -0.247. The van der Waals surface area contributed by atoms with E-state index >= 15 is 0 Å². The van der Waals surface area contributed by atoms with Crippen molar-refractivity contribution in [1.29, 1.82) is 0 Å². The van der Waals surface area contributed by atoms with Gasteiger partial charge in [-0.3, -0.25) is 9.79 Å². The first-order chi connectivity index (χ1) is 10.7. The monoisotopic (exact) mass is 314 g/mol. The van der Waals surface area contributed by atoms with Crippen LogP contribution in [-0.2, 0) is 4.79 Å². The van der Waals surface area contributed by atoms with Gasteiger partial charge >= 0.3 is 0 Å². The van der Waals surface area contributed by atoms with Crippen molar-refractivity contribution in [3.63, 3.8) is 0 Å². The first kappa shape index (κ1) is 16.1. The van der Waals surface area contributed by atoms with E-state index in [0.717, 1.165) is 22.5 Å². The van der Waals surface area contributed by atoms with E-state index in [4.69, 9.17) is 5.73 Å². The molecule has 0 aliphatic heterocycles. The standard InChI is InChI=1S/C16H18N4OS/c1-3-5-13(18-2)11-6-4-7-12(8-11)14-10-22-16(19-14)20-15(21)9-17/h3-8,10H,9,17H2,1-2H3,(H,19,20,21)/b5-3-,18-13?. The number of nitrogens with one attached hydrogen (secondary N) is 1. The summed E-state index contributed by atoms with van der Waals surface area (Å²) >= 11 is 1.38. The first-order valence-corrected chi connectivity index (χ1v) is 7.71. The topological polar surface area (TPSA) is 80.4 Å². The van der Waals surface area contributed by atoms with Crippen molar-refractivity contribution in [2.45, 2.75) is 6.92 Å². The molecule has 1 heterocycles. The molecule has 1 aromatic heterocycles. The van der Waals surface area contributed by atoms with Crippen LogP contribution in [-0.4, -0.2) is 30.2 Å². The molecule has 0 radical (unpaired) electrons. The lowest BCUT2D eigenvalue weighted by molar-refractivity contribution is -0.114. The molecule has 2 aromatic rings. The number of benzene rings is 1. The van der Waals surface area contributed by atoms with E-state index in [2.05, 4.69) is 15.3 Å². The van der Waals surface area contributed by atoms with E-state index in [1.807, 2.05) is 48.7 Å². The maximum Gasteiger partial charge on any atom is 0.239 e. The van der Waals surface area contributed by atoms with Crippen LogP contribution in [0.5, 0.6) is 0 Å². The van der Waals surface area contributed by atoms with Crippen molar-refractivity contribution in [1.82, 2.24) is 4.98 Å². The highest BCUT2D eigenvalue weighted by molar-refractivity contribution is 7.14. The number of allylic oxidation sites excluding steroid dienone is 2. The molecule has 0 atom stereocenters. The number of hydrogen-bond acceptors (Lipinski definition) is 5. The summed E-state index contributed by atoms with van der Waals surface area (Å²) in [5.41, 5.74) is 9.01. The fourth-order valence-electron chi connectivity index (χ4n) is 1.93. The zero-order valence-electron chi connectivity index (χ0n) is 12.5. The fraction of sp³-hybridized carbons (Fsp3) is 0.188. The molecule has 22 heavy (non-hydrogen) atoms. The first-order valence-electron chi connectivity index (χ1n) is 6.83. The van der Waals surface area contributed by atoms with Gasteiger partial charge in [-0.25, -0.2) is 4.98 Å². The number of amides is 1. The number of thiazole rings is 1. The highest BCUT2D eigenvalue weighted by Crippen LogP contribution is 2.25. The second-order valence-corrected chi connectivity index (χ2v) is 5.34. The molecule has 0 saturated carbocycles. The number of rotatable bonds is 5. The van der Waals surface area contributed by atoms with E-state index in [-0.39, 0.29) is 12.5 Å².